The van der Waals surface area contributed by atoms with Gasteiger partial charge in [0, 0.05) is 0 Å². The van der Waals surface area contributed by atoms with Crippen molar-refractivity contribution in [2.45, 2.75) is 56.9 Å². The van der Waals surface area contributed by atoms with Crippen LogP contribution in [-0.2, 0) is 9.59 Å². The van der Waals surface area contributed by atoms with Gasteiger partial charge in [-0.15, -0.1) is 0 Å². The molecular formula is C13H19N3O2. The van der Waals surface area contributed by atoms with Crippen molar-refractivity contribution in [2.24, 2.45) is 16.1 Å². The Morgan fingerprint density at radius 1 is 1.00 bits per heavy atom. The summed E-state index contributed by atoms with van der Waals surface area (Å²) >= 11 is 0. The predicted molar refractivity (Wildman–Crippen MR) is 66.9 cm³/mol. The van der Waals surface area contributed by atoms with Gasteiger partial charge in [0.25, 0.3) is 5.91 Å². The Morgan fingerprint density at radius 2 is 1.56 bits per heavy atom. The first-order valence-corrected chi connectivity index (χ1v) is 6.81. The highest BCUT2D eigenvalue weighted by atomic mass is 16.2. The minimum Gasteiger partial charge on any atom is -0.319 e. The second-order valence-corrected chi connectivity index (χ2v) is 5.87. The average Bonchev–Trinajstić information content (AvgIpc) is 2.96. The van der Waals surface area contributed by atoms with E-state index in [9.17, 15) is 9.59 Å². The maximum Gasteiger partial charge on any atom is 0.263 e. The fraction of sp³-hybridized carbons (Fsp3) is 0.769. The number of aliphatic imine (C=N–C) groups is 1. The van der Waals surface area contributed by atoms with Crippen molar-refractivity contribution in [3.05, 3.63) is 0 Å². The molecule has 0 radical (unpaired) electrons. The van der Waals surface area contributed by atoms with E-state index in [4.69, 9.17) is 5.73 Å². The van der Waals surface area contributed by atoms with E-state index in [0.717, 1.165) is 38.5 Å². The summed E-state index contributed by atoms with van der Waals surface area (Å²) in [4.78, 5) is 28.6. The highest BCUT2D eigenvalue weighted by Gasteiger charge is 2.52. The monoisotopic (exact) mass is 249 g/mol. The third-order valence-electron chi connectivity index (χ3n) is 4.71. The highest BCUT2D eigenvalue weighted by molar-refractivity contribution is 6.21. The topological polar surface area (TPSA) is 84.5 Å². The van der Waals surface area contributed by atoms with E-state index >= 15 is 0 Å². The second kappa shape index (κ2) is 3.88. The number of carbonyl (C=O) groups excluding carboxylic acids is 2. The first-order valence-electron chi connectivity index (χ1n) is 6.81. The molecule has 1 spiro atoms. The van der Waals surface area contributed by atoms with Gasteiger partial charge in [-0.2, -0.15) is 4.99 Å². The number of hydrogen-bond acceptors (Lipinski definition) is 3. The van der Waals surface area contributed by atoms with E-state index in [-0.39, 0.29) is 11.8 Å². The Hall–Kier alpha value is -1.23. The van der Waals surface area contributed by atoms with Crippen LogP contribution in [-0.4, -0.2) is 23.2 Å². The summed E-state index contributed by atoms with van der Waals surface area (Å²) < 4.78 is 0. The molecule has 3 aliphatic rings. The Morgan fingerprint density at radius 3 is 2.11 bits per heavy atom. The van der Waals surface area contributed by atoms with Gasteiger partial charge in [0.05, 0.1) is 5.54 Å². The summed E-state index contributed by atoms with van der Waals surface area (Å²) in [6.45, 7) is 0. The zero-order valence-corrected chi connectivity index (χ0v) is 10.5. The smallest absolute Gasteiger partial charge is 0.263 e. The van der Waals surface area contributed by atoms with Crippen molar-refractivity contribution in [1.29, 1.82) is 0 Å². The van der Waals surface area contributed by atoms with Crippen LogP contribution in [0.15, 0.2) is 4.99 Å². The van der Waals surface area contributed by atoms with Crippen molar-refractivity contribution in [2.75, 3.05) is 0 Å². The molecule has 5 nitrogen and oxygen atoms in total. The molecule has 0 aromatic heterocycles. The number of nitrogens with two attached hydrogens (primary N) is 1. The first-order chi connectivity index (χ1) is 8.57. The lowest BCUT2D eigenvalue weighted by Crippen LogP contribution is -2.60. The lowest BCUT2D eigenvalue weighted by Gasteiger charge is -2.34. The van der Waals surface area contributed by atoms with Gasteiger partial charge in [0.2, 0.25) is 5.91 Å². The number of amidine groups is 1. The zero-order valence-electron chi connectivity index (χ0n) is 10.5. The van der Waals surface area contributed by atoms with Crippen molar-refractivity contribution < 1.29 is 9.59 Å². The van der Waals surface area contributed by atoms with Gasteiger partial charge >= 0.3 is 0 Å². The lowest BCUT2D eigenvalue weighted by atomic mass is 9.82. The van der Waals surface area contributed by atoms with Gasteiger partial charge in [-0.05, 0) is 25.7 Å². The zero-order chi connectivity index (χ0) is 12.8. The molecule has 2 amide bonds. The largest absolute Gasteiger partial charge is 0.319 e. The van der Waals surface area contributed by atoms with Crippen molar-refractivity contribution in [1.82, 2.24) is 5.32 Å². The molecule has 0 aromatic carbocycles. The minimum atomic E-state index is -0.877. The standard InChI is InChI=1S/C13H19N3O2/c14-13(7-3-4-8-13)9-15-10(17)12(11(18)16-9)5-1-2-6-12/h1-8,14H2,(H,15,16,17,18). The quantitative estimate of drug-likeness (QED) is 0.676. The number of hydrogen-bond donors (Lipinski definition) is 2. The molecule has 2 fully saturated rings. The minimum absolute atomic E-state index is 0.174. The molecule has 98 valence electrons. The van der Waals surface area contributed by atoms with E-state index in [1.807, 2.05) is 0 Å². The third-order valence-corrected chi connectivity index (χ3v) is 4.71. The summed E-state index contributed by atoms with van der Waals surface area (Å²) in [7, 11) is 0. The highest BCUT2D eigenvalue weighted by Crippen LogP contribution is 2.42. The van der Waals surface area contributed by atoms with E-state index in [1.54, 1.807) is 0 Å². The Labute approximate surface area is 106 Å². The number of nitrogens with one attached hydrogen (secondary N) is 1. The Bertz CT molecular complexity index is 430. The molecule has 1 heterocycles. The SMILES string of the molecule is NC1(C2=NC(=O)C3(CCCC3)C(=O)N2)CCCC1. The van der Waals surface area contributed by atoms with Crippen LogP contribution in [0.4, 0.5) is 0 Å². The molecular weight excluding hydrogens is 230 g/mol. The summed E-state index contributed by atoms with van der Waals surface area (Å²) in [5.74, 6) is -0.0327. The first kappa shape index (κ1) is 11.8. The van der Waals surface area contributed by atoms with Crippen LogP contribution in [0.2, 0.25) is 0 Å². The van der Waals surface area contributed by atoms with Crippen molar-refractivity contribution in [3.63, 3.8) is 0 Å². The van der Waals surface area contributed by atoms with Gasteiger partial charge in [-0.3, -0.25) is 9.59 Å². The Balaban J connectivity index is 1.92. The van der Waals surface area contributed by atoms with E-state index in [1.165, 1.54) is 0 Å². The number of carbonyl (C=O) groups is 2. The van der Waals surface area contributed by atoms with Crippen LogP contribution >= 0.6 is 0 Å². The maximum absolute atomic E-state index is 12.3. The lowest BCUT2D eigenvalue weighted by molar-refractivity contribution is -0.141. The number of nitrogens with zero attached hydrogens (tertiary/aromatic N) is 1. The van der Waals surface area contributed by atoms with E-state index in [0.29, 0.717) is 18.7 Å². The predicted octanol–water partition coefficient (Wildman–Crippen LogP) is 0.873. The van der Waals surface area contributed by atoms with Crippen LogP contribution in [0.1, 0.15) is 51.4 Å². The summed E-state index contributed by atoms with van der Waals surface area (Å²) in [6, 6.07) is 0. The summed E-state index contributed by atoms with van der Waals surface area (Å²) in [5, 5.41) is 2.83. The van der Waals surface area contributed by atoms with Crippen LogP contribution < -0.4 is 11.1 Å². The van der Waals surface area contributed by atoms with Gasteiger partial charge < -0.3 is 11.1 Å². The Kier molecular flexibility index (Phi) is 2.55. The van der Waals surface area contributed by atoms with Gasteiger partial charge in [-0.25, -0.2) is 0 Å². The average molecular weight is 249 g/mol. The molecule has 5 heteroatoms. The third kappa shape index (κ3) is 1.53. The molecule has 1 aliphatic heterocycles. The van der Waals surface area contributed by atoms with Crippen LogP contribution in [0.25, 0.3) is 0 Å². The molecule has 3 N–H and O–H groups in total. The van der Waals surface area contributed by atoms with Crippen molar-refractivity contribution in [3.8, 4) is 0 Å². The van der Waals surface area contributed by atoms with Crippen molar-refractivity contribution >= 4 is 17.6 Å². The molecule has 0 bridgehead atoms. The van der Waals surface area contributed by atoms with E-state index < -0.39 is 11.0 Å². The summed E-state index contributed by atoms with van der Waals surface area (Å²) in [5.41, 5.74) is 4.78. The number of rotatable bonds is 1. The molecule has 0 atom stereocenters. The molecule has 2 aliphatic carbocycles. The molecule has 2 saturated carbocycles. The molecule has 0 unspecified atom stereocenters. The summed E-state index contributed by atoms with van der Waals surface area (Å²) in [6.07, 6.45) is 6.78. The molecule has 18 heavy (non-hydrogen) atoms. The molecule has 0 aromatic rings. The number of amides is 2. The fourth-order valence-corrected chi connectivity index (χ4v) is 3.46. The van der Waals surface area contributed by atoms with Crippen LogP contribution in [0.3, 0.4) is 0 Å². The second-order valence-electron chi connectivity index (χ2n) is 5.87. The van der Waals surface area contributed by atoms with Crippen LogP contribution in [0, 0.1) is 5.41 Å². The fourth-order valence-electron chi connectivity index (χ4n) is 3.46. The molecule has 0 saturated heterocycles. The van der Waals surface area contributed by atoms with Gasteiger partial charge in [-0.1, -0.05) is 25.7 Å². The van der Waals surface area contributed by atoms with Gasteiger partial charge in [0.15, 0.2) is 0 Å². The van der Waals surface area contributed by atoms with Gasteiger partial charge in [0.1, 0.15) is 11.3 Å². The maximum atomic E-state index is 12.3. The van der Waals surface area contributed by atoms with Crippen LogP contribution in [0.5, 0.6) is 0 Å². The van der Waals surface area contributed by atoms with E-state index in [2.05, 4.69) is 10.3 Å². The normalized spacial score (nSPS) is 29.5. The molecule has 3 rings (SSSR count).